The van der Waals surface area contributed by atoms with Gasteiger partial charge < -0.3 is 20.1 Å². The SMILES string of the molecule is CCc1c(NS(=O)(=O)c2cc(Cl)cc3c2OCC3OC(C)=O)ccc(F)c1-c1ccc2nc(NC3CCNCC3)ncc2c1. The van der Waals surface area contributed by atoms with E-state index in [1.54, 1.807) is 18.3 Å². The maximum atomic E-state index is 15.5. The number of ether oxygens (including phenoxy) is 2. The van der Waals surface area contributed by atoms with Gasteiger partial charge in [0.15, 0.2) is 6.10 Å². The van der Waals surface area contributed by atoms with Gasteiger partial charge in [0.2, 0.25) is 5.95 Å². The fourth-order valence-corrected chi connectivity index (χ4v) is 7.31. The summed E-state index contributed by atoms with van der Waals surface area (Å²) in [7, 11) is -4.26. The molecule has 0 saturated carbocycles. The minimum atomic E-state index is -4.26. The minimum Gasteiger partial charge on any atom is -0.487 e. The first-order chi connectivity index (χ1) is 21.1. The molecule has 1 unspecified atom stereocenters. The van der Waals surface area contributed by atoms with Gasteiger partial charge in [0.05, 0.1) is 11.2 Å². The molecular weight excluding hydrogens is 609 g/mol. The van der Waals surface area contributed by atoms with Crippen LogP contribution in [0.25, 0.3) is 22.0 Å². The van der Waals surface area contributed by atoms with E-state index in [9.17, 15) is 13.2 Å². The highest BCUT2D eigenvalue weighted by molar-refractivity contribution is 7.92. The van der Waals surface area contributed by atoms with Crippen LogP contribution in [0.15, 0.2) is 53.6 Å². The summed E-state index contributed by atoms with van der Waals surface area (Å²) in [5, 5.41) is 7.58. The first-order valence-electron chi connectivity index (χ1n) is 14.3. The highest BCUT2D eigenvalue weighted by Crippen LogP contribution is 2.43. The second kappa shape index (κ2) is 12.2. The first kappa shape index (κ1) is 30.0. The van der Waals surface area contributed by atoms with Crippen LogP contribution < -0.4 is 20.1 Å². The Morgan fingerprint density at radius 3 is 2.73 bits per heavy atom. The lowest BCUT2D eigenvalue weighted by molar-refractivity contribution is -0.147. The number of esters is 1. The van der Waals surface area contributed by atoms with E-state index in [0.29, 0.717) is 40.6 Å². The van der Waals surface area contributed by atoms with Crippen LogP contribution in [0.1, 0.15) is 43.9 Å². The Balaban J connectivity index is 1.33. The number of carbonyl (C=O) groups is 1. The molecule has 1 fully saturated rings. The molecule has 2 aliphatic heterocycles. The number of nitrogens with one attached hydrogen (secondary N) is 3. The Morgan fingerprint density at radius 1 is 1.18 bits per heavy atom. The molecule has 1 saturated heterocycles. The maximum Gasteiger partial charge on any atom is 0.303 e. The molecule has 0 spiro atoms. The lowest BCUT2D eigenvalue weighted by Gasteiger charge is -2.23. The second-order valence-corrected chi connectivity index (χ2v) is 12.9. The summed E-state index contributed by atoms with van der Waals surface area (Å²) < 4.78 is 56.4. The van der Waals surface area contributed by atoms with Crippen LogP contribution in [-0.4, -0.2) is 50.1 Å². The summed E-state index contributed by atoms with van der Waals surface area (Å²) in [6.45, 7) is 4.93. The minimum absolute atomic E-state index is 0.0417. The molecule has 0 amide bonds. The second-order valence-electron chi connectivity index (χ2n) is 10.8. The Labute approximate surface area is 259 Å². The standard InChI is InChI=1S/C31H31ClFN5O5S/c1-3-22-26(38-44(40,41)28-14-20(32)13-23-27(43-17(2)39)16-42-30(23)28)7-5-24(33)29(22)18-4-6-25-19(12-18)15-35-31(37-25)36-21-8-10-34-11-9-21/h4-7,12-15,21,27,34,38H,3,8-11,16H2,1-2H3,(H,35,36,37). The third-order valence-corrected chi connectivity index (χ3v) is 9.36. The fraction of sp³-hybridized carbons (Fsp3) is 0.323. The van der Waals surface area contributed by atoms with Crippen molar-refractivity contribution in [1.82, 2.24) is 15.3 Å². The molecule has 6 rings (SSSR count). The van der Waals surface area contributed by atoms with Gasteiger partial charge in [0.1, 0.15) is 23.1 Å². The predicted octanol–water partition coefficient (Wildman–Crippen LogP) is 5.61. The molecule has 230 valence electrons. The summed E-state index contributed by atoms with van der Waals surface area (Å²) >= 11 is 6.28. The van der Waals surface area contributed by atoms with Crippen molar-refractivity contribution >= 4 is 50.1 Å². The van der Waals surface area contributed by atoms with E-state index in [0.717, 1.165) is 31.3 Å². The van der Waals surface area contributed by atoms with Gasteiger partial charge >= 0.3 is 5.97 Å². The van der Waals surface area contributed by atoms with E-state index in [-0.39, 0.29) is 33.5 Å². The average Bonchev–Trinajstić information content (AvgIpc) is 3.39. The molecule has 10 nitrogen and oxygen atoms in total. The largest absolute Gasteiger partial charge is 0.487 e. The van der Waals surface area contributed by atoms with Gasteiger partial charge in [-0.1, -0.05) is 24.6 Å². The van der Waals surface area contributed by atoms with Crippen molar-refractivity contribution in [3.05, 3.63) is 70.6 Å². The van der Waals surface area contributed by atoms with Crippen LogP contribution in [0.5, 0.6) is 5.75 Å². The number of rotatable bonds is 8. The van der Waals surface area contributed by atoms with E-state index < -0.39 is 27.9 Å². The molecule has 0 radical (unpaired) electrons. The van der Waals surface area contributed by atoms with Crippen molar-refractivity contribution in [3.8, 4) is 16.9 Å². The van der Waals surface area contributed by atoms with E-state index in [1.165, 1.54) is 31.2 Å². The van der Waals surface area contributed by atoms with Crippen LogP contribution in [0.3, 0.4) is 0 Å². The Morgan fingerprint density at radius 2 is 1.98 bits per heavy atom. The Bertz CT molecular complexity index is 1870. The molecule has 3 N–H and O–H groups in total. The first-order valence-corrected chi connectivity index (χ1v) is 16.2. The molecule has 1 aromatic heterocycles. The number of piperidine rings is 1. The predicted molar refractivity (Wildman–Crippen MR) is 166 cm³/mol. The smallest absolute Gasteiger partial charge is 0.303 e. The molecule has 0 aliphatic carbocycles. The van der Waals surface area contributed by atoms with E-state index in [2.05, 4.69) is 25.3 Å². The number of nitrogens with zero attached hydrogens (tertiary/aromatic N) is 2. The molecule has 2 aliphatic rings. The van der Waals surface area contributed by atoms with E-state index >= 15 is 4.39 Å². The molecule has 3 aromatic carbocycles. The summed E-state index contributed by atoms with van der Waals surface area (Å²) in [4.78, 5) is 20.5. The van der Waals surface area contributed by atoms with Gasteiger partial charge in [-0.25, -0.2) is 22.8 Å². The molecule has 44 heavy (non-hydrogen) atoms. The maximum absolute atomic E-state index is 15.5. The Hall–Kier alpha value is -4.00. The van der Waals surface area contributed by atoms with Crippen LogP contribution in [0, 0.1) is 5.82 Å². The Kier molecular flexibility index (Phi) is 8.32. The molecule has 0 bridgehead atoms. The van der Waals surface area contributed by atoms with Crippen molar-refractivity contribution in [2.75, 3.05) is 29.7 Å². The summed E-state index contributed by atoms with van der Waals surface area (Å²) in [5.41, 5.74) is 2.58. The zero-order valence-corrected chi connectivity index (χ0v) is 25.7. The van der Waals surface area contributed by atoms with Gasteiger partial charge in [-0.15, -0.1) is 0 Å². The van der Waals surface area contributed by atoms with E-state index in [1.807, 2.05) is 13.0 Å². The van der Waals surface area contributed by atoms with Crippen molar-refractivity contribution in [3.63, 3.8) is 0 Å². The van der Waals surface area contributed by atoms with Gasteiger partial charge in [-0.2, -0.15) is 0 Å². The van der Waals surface area contributed by atoms with Crippen LogP contribution in [0.4, 0.5) is 16.0 Å². The fourth-order valence-electron chi connectivity index (χ4n) is 5.73. The number of anilines is 2. The zero-order chi connectivity index (χ0) is 31.0. The summed E-state index contributed by atoms with van der Waals surface area (Å²) in [6.07, 6.45) is 3.22. The van der Waals surface area contributed by atoms with Crippen LogP contribution in [0.2, 0.25) is 5.02 Å². The van der Waals surface area contributed by atoms with Crippen molar-refractivity contribution in [2.24, 2.45) is 0 Å². The topological polar surface area (TPSA) is 132 Å². The number of aromatic nitrogens is 2. The van der Waals surface area contributed by atoms with Gasteiger partial charge in [0, 0.05) is 40.7 Å². The zero-order valence-electron chi connectivity index (χ0n) is 24.1. The molecule has 4 aromatic rings. The van der Waals surface area contributed by atoms with E-state index in [4.69, 9.17) is 21.1 Å². The van der Waals surface area contributed by atoms with Gasteiger partial charge in [-0.3, -0.25) is 9.52 Å². The van der Waals surface area contributed by atoms with Crippen molar-refractivity contribution in [1.29, 1.82) is 0 Å². The number of fused-ring (bicyclic) bond motifs is 2. The molecule has 13 heteroatoms. The number of carbonyl (C=O) groups excluding carboxylic acids is 1. The molecule has 1 atom stereocenters. The lowest BCUT2D eigenvalue weighted by atomic mass is 9.95. The highest BCUT2D eigenvalue weighted by Gasteiger charge is 2.34. The lowest BCUT2D eigenvalue weighted by Crippen LogP contribution is -2.35. The molecule has 3 heterocycles. The van der Waals surface area contributed by atoms with Gasteiger partial charge in [-0.05, 0) is 79.9 Å². The number of hydrogen-bond acceptors (Lipinski definition) is 9. The van der Waals surface area contributed by atoms with Crippen molar-refractivity contribution < 1.29 is 27.1 Å². The highest BCUT2D eigenvalue weighted by atomic mass is 35.5. The van der Waals surface area contributed by atoms with Crippen LogP contribution >= 0.6 is 11.6 Å². The summed E-state index contributed by atoms with van der Waals surface area (Å²) in [5.74, 6) is -0.429. The third-order valence-electron chi connectivity index (χ3n) is 7.77. The number of halogens is 2. The number of hydrogen-bond donors (Lipinski definition) is 3. The monoisotopic (exact) mass is 639 g/mol. The van der Waals surface area contributed by atoms with Gasteiger partial charge in [0.25, 0.3) is 10.0 Å². The number of benzene rings is 3. The average molecular weight is 640 g/mol. The molecular formula is C31H31ClFN5O5S. The quantitative estimate of drug-likeness (QED) is 0.210. The number of sulfonamides is 1. The van der Waals surface area contributed by atoms with Crippen molar-refractivity contribution in [2.45, 2.75) is 50.2 Å². The van der Waals surface area contributed by atoms with Crippen LogP contribution in [-0.2, 0) is 26.0 Å². The third kappa shape index (κ3) is 6.01. The summed E-state index contributed by atoms with van der Waals surface area (Å²) in [6, 6.07) is 11.1. The normalized spacial score (nSPS) is 16.8.